The van der Waals surface area contributed by atoms with Gasteiger partial charge < -0.3 is 10.2 Å². The predicted octanol–water partition coefficient (Wildman–Crippen LogP) is 3.50. The average molecular weight is 335 g/mol. The first-order chi connectivity index (χ1) is 11.7. The zero-order valence-corrected chi connectivity index (χ0v) is 15.1. The maximum atomic E-state index is 12.4. The first kappa shape index (κ1) is 17.8. The van der Waals surface area contributed by atoms with Gasteiger partial charge in [-0.2, -0.15) is 0 Å². The van der Waals surface area contributed by atoms with Crippen molar-refractivity contribution in [1.29, 1.82) is 0 Å². The summed E-state index contributed by atoms with van der Waals surface area (Å²) in [5, 5.41) is 2.97. The normalized spacial score (nSPS) is 28.2. The Morgan fingerprint density at radius 2 is 1.58 bits per heavy atom. The molecule has 2 unspecified atom stereocenters. The van der Waals surface area contributed by atoms with Crippen LogP contribution in [0.5, 0.6) is 0 Å². The molecule has 0 aromatic carbocycles. The van der Waals surface area contributed by atoms with E-state index in [9.17, 15) is 9.59 Å². The van der Waals surface area contributed by atoms with E-state index in [4.69, 9.17) is 0 Å². The molecule has 1 saturated heterocycles. The first-order valence-electron chi connectivity index (χ1n) is 10.3. The van der Waals surface area contributed by atoms with Gasteiger partial charge in [0.15, 0.2) is 0 Å². The molecule has 2 amide bonds. The minimum Gasteiger partial charge on any atom is -0.356 e. The molecule has 3 fully saturated rings. The van der Waals surface area contributed by atoms with Crippen LogP contribution in [-0.4, -0.2) is 36.3 Å². The van der Waals surface area contributed by atoms with Crippen LogP contribution in [0.3, 0.4) is 0 Å². The molecule has 3 rings (SSSR count). The van der Waals surface area contributed by atoms with E-state index in [1.165, 1.54) is 64.2 Å². The van der Waals surface area contributed by atoms with Gasteiger partial charge in [0.2, 0.25) is 11.8 Å². The maximum absolute atomic E-state index is 12.4. The van der Waals surface area contributed by atoms with Crippen molar-refractivity contribution in [3.05, 3.63) is 0 Å². The van der Waals surface area contributed by atoms with E-state index in [-0.39, 0.29) is 11.8 Å². The number of hydrogen-bond acceptors (Lipinski definition) is 2. The van der Waals surface area contributed by atoms with E-state index in [1.54, 1.807) is 0 Å². The molecule has 2 aliphatic carbocycles. The highest BCUT2D eigenvalue weighted by molar-refractivity contribution is 5.79. The summed E-state index contributed by atoms with van der Waals surface area (Å²) in [7, 11) is 0. The number of fused-ring (bicyclic) bond motifs is 1. The Kier molecular flexibility index (Phi) is 6.56. The van der Waals surface area contributed by atoms with E-state index in [0.29, 0.717) is 25.3 Å². The SMILES string of the molecule is O=C(CC1CCCCC1)NCCC(=O)N1CCC2CCCCC2C1. The quantitative estimate of drug-likeness (QED) is 0.836. The number of amides is 2. The van der Waals surface area contributed by atoms with Crippen LogP contribution in [-0.2, 0) is 9.59 Å². The number of piperidine rings is 1. The van der Waals surface area contributed by atoms with Gasteiger partial charge >= 0.3 is 0 Å². The molecule has 4 heteroatoms. The summed E-state index contributed by atoms with van der Waals surface area (Å²) in [6.07, 6.45) is 13.9. The van der Waals surface area contributed by atoms with Crippen LogP contribution >= 0.6 is 0 Å². The molecule has 1 aliphatic heterocycles. The molecule has 1 heterocycles. The van der Waals surface area contributed by atoms with Gasteiger partial charge in [-0.1, -0.05) is 38.5 Å². The van der Waals surface area contributed by atoms with Crippen LogP contribution in [0.15, 0.2) is 0 Å². The maximum Gasteiger partial charge on any atom is 0.224 e. The van der Waals surface area contributed by atoms with Crippen LogP contribution in [0.4, 0.5) is 0 Å². The van der Waals surface area contributed by atoms with Crippen molar-refractivity contribution in [1.82, 2.24) is 10.2 Å². The topological polar surface area (TPSA) is 49.4 Å². The lowest BCUT2D eigenvalue weighted by molar-refractivity contribution is -0.134. The Labute approximate surface area is 146 Å². The van der Waals surface area contributed by atoms with Crippen molar-refractivity contribution in [3.63, 3.8) is 0 Å². The lowest BCUT2D eigenvalue weighted by atomic mass is 9.75. The van der Waals surface area contributed by atoms with Gasteiger partial charge in [-0.15, -0.1) is 0 Å². The molecular formula is C20H34N2O2. The van der Waals surface area contributed by atoms with Crippen LogP contribution in [0.2, 0.25) is 0 Å². The third kappa shape index (κ3) is 4.97. The summed E-state index contributed by atoms with van der Waals surface area (Å²) >= 11 is 0. The fourth-order valence-electron chi connectivity index (χ4n) is 5.02. The van der Waals surface area contributed by atoms with Crippen molar-refractivity contribution in [2.24, 2.45) is 17.8 Å². The molecule has 2 atom stereocenters. The molecule has 2 saturated carbocycles. The number of hydrogen-bond donors (Lipinski definition) is 1. The summed E-state index contributed by atoms with van der Waals surface area (Å²) < 4.78 is 0. The molecule has 24 heavy (non-hydrogen) atoms. The Morgan fingerprint density at radius 3 is 2.38 bits per heavy atom. The van der Waals surface area contributed by atoms with E-state index in [0.717, 1.165) is 24.9 Å². The first-order valence-corrected chi connectivity index (χ1v) is 10.3. The lowest BCUT2D eigenvalue weighted by Gasteiger charge is -2.41. The van der Waals surface area contributed by atoms with Crippen molar-refractivity contribution in [3.8, 4) is 0 Å². The molecule has 0 radical (unpaired) electrons. The highest BCUT2D eigenvalue weighted by Gasteiger charge is 2.32. The highest BCUT2D eigenvalue weighted by Crippen LogP contribution is 2.36. The molecule has 0 bridgehead atoms. The predicted molar refractivity (Wildman–Crippen MR) is 95.5 cm³/mol. The van der Waals surface area contributed by atoms with E-state index >= 15 is 0 Å². The number of carbonyl (C=O) groups is 2. The summed E-state index contributed by atoms with van der Waals surface area (Å²) in [4.78, 5) is 26.5. The summed E-state index contributed by atoms with van der Waals surface area (Å²) in [5.74, 6) is 2.53. The van der Waals surface area contributed by atoms with Crippen LogP contribution in [0, 0.1) is 17.8 Å². The van der Waals surface area contributed by atoms with Gasteiger partial charge in [0.05, 0.1) is 0 Å². The Balaban J connectivity index is 1.32. The lowest BCUT2D eigenvalue weighted by Crippen LogP contribution is -2.45. The number of carbonyl (C=O) groups excluding carboxylic acids is 2. The van der Waals surface area contributed by atoms with Crippen LogP contribution < -0.4 is 5.32 Å². The van der Waals surface area contributed by atoms with Gasteiger partial charge in [-0.05, 0) is 43.4 Å². The zero-order chi connectivity index (χ0) is 16.8. The standard InChI is InChI=1S/C20H34N2O2/c23-19(14-16-6-2-1-3-7-16)21-12-10-20(24)22-13-11-17-8-4-5-9-18(17)15-22/h16-18H,1-15H2,(H,21,23). The molecule has 0 aromatic rings. The van der Waals surface area contributed by atoms with Crippen molar-refractivity contribution in [2.45, 2.75) is 77.0 Å². The Morgan fingerprint density at radius 1 is 0.875 bits per heavy atom. The number of nitrogens with one attached hydrogen (secondary N) is 1. The molecule has 0 spiro atoms. The number of nitrogens with zero attached hydrogens (tertiary/aromatic N) is 1. The largest absolute Gasteiger partial charge is 0.356 e. The molecule has 1 N–H and O–H groups in total. The minimum absolute atomic E-state index is 0.140. The van der Waals surface area contributed by atoms with Crippen LogP contribution in [0.1, 0.15) is 77.0 Å². The average Bonchev–Trinajstić information content (AvgIpc) is 2.62. The van der Waals surface area contributed by atoms with Crippen molar-refractivity contribution in [2.75, 3.05) is 19.6 Å². The molecule has 3 aliphatic rings. The second-order valence-corrected chi connectivity index (χ2v) is 8.24. The smallest absolute Gasteiger partial charge is 0.224 e. The third-order valence-corrected chi connectivity index (χ3v) is 6.50. The Bertz CT molecular complexity index is 431. The second kappa shape index (κ2) is 8.87. The summed E-state index contributed by atoms with van der Waals surface area (Å²) in [6.45, 7) is 2.39. The van der Waals surface area contributed by atoms with Gasteiger partial charge in [0, 0.05) is 32.5 Å². The van der Waals surface area contributed by atoms with Gasteiger partial charge in [0.1, 0.15) is 0 Å². The highest BCUT2D eigenvalue weighted by atomic mass is 16.2. The number of likely N-dealkylation sites (tertiary alicyclic amines) is 1. The van der Waals surface area contributed by atoms with E-state index in [1.807, 2.05) is 0 Å². The molecule has 136 valence electrons. The fraction of sp³-hybridized carbons (Fsp3) is 0.900. The monoisotopic (exact) mass is 334 g/mol. The third-order valence-electron chi connectivity index (χ3n) is 6.50. The van der Waals surface area contributed by atoms with E-state index < -0.39 is 0 Å². The zero-order valence-electron chi connectivity index (χ0n) is 15.1. The van der Waals surface area contributed by atoms with Crippen molar-refractivity contribution < 1.29 is 9.59 Å². The number of rotatable bonds is 5. The van der Waals surface area contributed by atoms with Gasteiger partial charge in [-0.3, -0.25) is 9.59 Å². The fourth-order valence-corrected chi connectivity index (χ4v) is 5.02. The molecular weight excluding hydrogens is 300 g/mol. The van der Waals surface area contributed by atoms with Gasteiger partial charge in [-0.25, -0.2) is 0 Å². The molecule has 4 nitrogen and oxygen atoms in total. The Hall–Kier alpha value is -1.06. The van der Waals surface area contributed by atoms with Crippen LogP contribution in [0.25, 0.3) is 0 Å². The van der Waals surface area contributed by atoms with E-state index in [2.05, 4.69) is 10.2 Å². The minimum atomic E-state index is 0.140. The summed E-state index contributed by atoms with van der Waals surface area (Å²) in [6, 6.07) is 0. The van der Waals surface area contributed by atoms with Gasteiger partial charge in [0.25, 0.3) is 0 Å². The summed E-state index contributed by atoms with van der Waals surface area (Å²) in [5.41, 5.74) is 0. The van der Waals surface area contributed by atoms with Crippen molar-refractivity contribution >= 4 is 11.8 Å². The molecule has 0 aromatic heterocycles. The second-order valence-electron chi connectivity index (χ2n) is 8.24.